The van der Waals surface area contributed by atoms with Crippen LogP contribution in [0.4, 0.5) is 0 Å². The number of nitrogens with zero attached hydrogens (tertiary/aromatic N) is 1. The first-order valence-corrected chi connectivity index (χ1v) is 6.77. The number of carbonyl (C=O) groups excluding carboxylic acids is 1. The van der Waals surface area contributed by atoms with Gasteiger partial charge in [-0.15, -0.1) is 0 Å². The molecule has 1 aromatic rings. The molecular formula is C15H24N2O3. The quantitative estimate of drug-likeness (QED) is 0.784. The minimum absolute atomic E-state index is 0.0984. The standard InChI is InChI=1S/C15H24N2O3/c1-12(11-16)10-15(18)17(2)8-9-20-14-6-4-13(19-3)5-7-14/h4-7,12H,8-11,16H2,1-3H3. The average molecular weight is 280 g/mol. The highest BCUT2D eigenvalue weighted by Crippen LogP contribution is 2.16. The summed E-state index contributed by atoms with van der Waals surface area (Å²) in [7, 11) is 3.40. The van der Waals surface area contributed by atoms with E-state index in [4.69, 9.17) is 15.2 Å². The number of hydrogen-bond donors (Lipinski definition) is 1. The van der Waals surface area contributed by atoms with Gasteiger partial charge in [0.05, 0.1) is 13.7 Å². The van der Waals surface area contributed by atoms with E-state index in [-0.39, 0.29) is 11.8 Å². The molecule has 0 spiro atoms. The molecule has 1 atom stereocenters. The van der Waals surface area contributed by atoms with Crippen molar-refractivity contribution in [3.8, 4) is 11.5 Å². The zero-order chi connectivity index (χ0) is 15.0. The van der Waals surface area contributed by atoms with Gasteiger partial charge in [0.1, 0.15) is 18.1 Å². The number of amides is 1. The molecule has 0 saturated carbocycles. The number of nitrogens with two attached hydrogens (primary N) is 1. The molecule has 5 nitrogen and oxygen atoms in total. The van der Waals surface area contributed by atoms with Gasteiger partial charge in [-0.25, -0.2) is 0 Å². The maximum absolute atomic E-state index is 11.8. The Morgan fingerprint density at radius 1 is 1.30 bits per heavy atom. The van der Waals surface area contributed by atoms with Crippen molar-refractivity contribution in [3.05, 3.63) is 24.3 Å². The maximum atomic E-state index is 11.8. The van der Waals surface area contributed by atoms with Gasteiger partial charge >= 0.3 is 0 Å². The first-order chi connectivity index (χ1) is 9.56. The zero-order valence-corrected chi connectivity index (χ0v) is 12.5. The summed E-state index contributed by atoms with van der Waals surface area (Å²) in [5, 5.41) is 0. The lowest BCUT2D eigenvalue weighted by Gasteiger charge is -2.19. The van der Waals surface area contributed by atoms with Crippen molar-refractivity contribution in [2.75, 3.05) is 33.9 Å². The van der Waals surface area contributed by atoms with Crippen LogP contribution in [0.3, 0.4) is 0 Å². The number of rotatable bonds is 8. The number of hydrogen-bond acceptors (Lipinski definition) is 4. The fourth-order valence-electron chi connectivity index (χ4n) is 1.63. The molecule has 0 aliphatic heterocycles. The molecule has 0 radical (unpaired) electrons. The molecule has 0 aliphatic rings. The van der Waals surface area contributed by atoms with E-state index in [0.717, 1.165) is 11.5 Å². The van der Waals surface area contributed by atoms with E-state index in [0.29, 0.717) is 26.1 Å². The number of likely N-dealkylation sites (N-methyl/N-ethyl adjacent to an activating group) is 1. The lowest BCUT2D eigenvalue weighted by Crippen LogP contribution is -2.32. The number of benzene rings is 1. The van der Waals surface area contributed by atoms with E-state index in [2.05, 4.69) is 0 Å². The first kappa shape index (κ1) is 16.3. The largest absolute Gasteiger partial charge is 0.497 e. The van der Waals surface area contributed by atoms with Crippen molar-refractivity contribution in [2.24, 2.45) is 11.7 Å². The minimum atomic E-state index is 0.0984. The number of carbonyl (C=O) groups is 1. The molecule has 0 saturated heterocycles. The molecule has 1 amide bonds. The van der Waals surface area contributed by atoms with Crippen LogP contribution in [0.25, 0.3) is 0 Å². The van der Waals surface area contributed by atoms with Crippen LogP contribution in [0.2, 0.25) is 0 Å². The molecule has 2 N–H and O–H groups in total. The van der Waals surface area contributed by atoms with Gasteiger partial charge in [0.15, 0.2) is 0 Å². The Morgan fingerprint density at radius 3 is 2.45 bits per heavy atom. The SMILES string of the molecule is COc1ccc(OCCN(C)C(=O)CC(C)CN)cc1. The van der Waals surface area contributed by atoms with Gasteiger partial charge in [0.25, 0.3) is 0 Å². The smallest absolute Gasteiger partial charge is 0.222 e. The monoisotopic (exact) mass is 280 g/mol. The lowest BCUT2D eigenvalue weighted by atomic mass is 10.1. The molecular weight excluding hydrogens is 256 g/mol. The van der Waals surface area contributed by atoms with E-state index in [9.17, 15) is 4.79 Å². The molecule has 0 aromatic heterocycles. The second kappa shape index (κ2) is 8.43. The fraction of sp³-hybridized carbons (Fsp3) is 0.533. The second-order valence-corrected chi connectivity index (χ2v) is 4.88. The third-order valence-corrected chi connectivity index (χ3v) is 3.11. The summed E-state index contributed by atoms with van der Waals surface area (Å²) in [6, 6.07) is 7.37. The fourth-order valence-corrected chi connectivity index (χ4v) is 1.63. The predicted octanol–water partition coefficient (Wildman–Crippen LogP) is 1.52. The van der Waals surface area contributed by atoms with Crippen LogP contribution >= 0.6 is 0 Å². The molecule has 0 fully saturated rings. The summed E-state index contributed by atoms with van der Waals surface area (Å²) in [6.45, 7) is 3.52. The number of ether oxygens (including phenoxy) is 2. The Kier molecular flexibility index (Phi) is 6.87. The lowest BCUT2D eigenvalue weighted by molar-refractivity contribution is -0.131. The topological polar surface area (TPSA) is 64.8 Å². The Balaban J connectivity index is 2.30. The van der Waals surface area contributed by atoms with Crippen LogP contribution in [0.15, 0.2) is 24.3 Å². The van der Waals surface area contributed by atoms with Gasteiger partial charge in [0.2, 0.25) is 5.91 Å². The average Bonchev–Trinajstić information content (AvgIpc) is 2.47. The van der Waals surface area contributed by atoms with Crippen molar-refractivity contribution in [1.29, 1.82) is 0 Å². The van der Waals surface area contributed by atoms with Gasteiger partial charge in [0, 0.05) is 13.5 Å². The summed E-state index contributed by atoms with van der Waals surface area (Å²) >= 11 is 0. The van der Waals surface area contributed by atoms with Crippen molar-refractivity contribution >= 4 is 5.91 Å². The zero-order valence-electron chi connectivity index (χ0n) is 12.5. The van der Waals surface area contributed by atoms with Gasteiger partial charge in [-0.1, -0.05) is 6.92 Å². The third-order valence-electron chi connectivity index (χ3n) is 3.11. The maximum Gasteiger partial charge on any atom is 0.222 e. The van der Waals surface area contributed by atoms with Crippen LogP contribution in [0, 0.1) is 5.92 Å². The van der Waals surface area contributed by atoms with Crippen LogP contribution in [-0.4, -0.2) is 44.7 Å². The van der Waals surface area contributed by atoms with Crippen molar-refractivity contribution < 1.29 is 14.3 Å². The molecule has 112 valence electrons. The summed E-state index contributed by atoms with van der Waals surface area (Å²) < 4.78 is 10.7. The molecule has 1 aromatic carbocycles. The van der Waals surface area contributed by atoms with Crippen LogP contribution in [-0.2, 0) is 4.79 Å². The van der Waals surface area contributed by atoms with Crippen LogP contribution in [0.5, 0.6) is 11.5 Å². The van der Waals surface area contributed by atoms with Crippen LogP contribution in [0.1, 0.15) is 13.3 Å². The van der Waals surface area contributed by atoms with E-state index < -0.39 is 0 Å². The summed E-state index contributed by atoms with van der Waals surface area (Å²) in [5.41, 5.74) is 5.51. The summed E-state index contributed by atoms with van der Waals surface area (Å²) in [5.74, 6) is 1.87. The molecule has 20 heavy (non-hydrogen) atoms. The van der Waals surface area contributed by atoms with Gasteiger partial charge in [-0.2, -0.15) is 0 Å². The van der Waals surface area contributed by atoms with E-state index in [1.165, 1.54) is 0 Å². The second-order valence-electron chi connectivity index (χ2n) is 4.88. The van der Waals surface area contributed by atoms with E-state index in [1.54, 1.807) is 19.1 Å². The normalized spacial score (nSPS) is 11.8. The molecule has 1 unspecified atom stereocenters. The van der Waals surface area contributed by atoms with Crippen LogP contribution < -0.4 is 15.2 Å². The van der Waals surface area contributed by atoms with Gasteiger partial charge in [-0.05, 0) is 36.7 Å². The van der Waals surface area contributed by atoms with Crippen molar-refractivity contribution in [1.82, 2.24) is 4.90 Å². The first-order valence-electron chi connectivity index (χ1n) is 6.77. The highest BCUT2D eigenvalue weighted by Gasteiger charge is 2.12. The number of methoxy groups -OCH3 is 1. The van der Waals surface area contributed by atoms with E-state index >= 15 is 0 Å². The van der Waals surface area contributed by atoms with E-state index in [1.807, 2.05) is 31.2 Å². The van der Waals surface area contributed by atoms with Crippen molar-refractivity contribution in [3.63, 3.8) is 0 Å². The Morgan fingerprint density at radius 2 is 1.90 bits per heavy atom. The van der Waals surface area contributed by atoms with Gasteiger partial charge < -0.3 is 20.1 Å². The summed E-state index contributed by atoms with van der Waals surface area (Å²) in [6.07, 6.45) is 0.482. The Labute approximate surface area is 120 Å². The molecule has 5 heteroatoms. The van der Waals surface area contributed by atoms with Crippen molar-refractivity contribution in [2.45, 2.75) is 13.3 Å². The molecule has 1 rings (SSSR count). The molecule has 0 heterocycles. The Bertz CT molecular complexity index is 406. The minimum Gasteiger partial charge on any atom is -0.497 e. The highest BCUT2D eigenvalue weighted by molar-refractivity contribution is 5.76. The molecule has 0 bridgehead atoms. The third kappa shape index (κ3) is 5.48. The van der Waals surface area contributed by atoms with Gasteiger partial charge in [-0.3, -0.25) is 4.79 Å². The highest BCUT2D eigenvalue weighted by atomic mass is 16.5. The Hall–Kier alpha value is -1.75. The molecule has 0 aliphatic carbocycles. The summed E-state index contributed by atoms with van der Waals surface area (Å²) in [4.78, 5) is 13.5. The predicted molar refractivity (Wildman–Crippen MR) is 79.0 cm³/mol.